The highest BCUT2D eigenvalue weighted by molar-refractivity contribution is 5.90. The number of rotatable bonds is 2. The van der Waals surface area contributed by atoms with Crippen LogP contribution in [0.25, 0.3) is 0 Å². The molecule has 0 saturated heterocycles. The van der Waals surface area contributed by atoms with Crippen LogP contribution in [0.1, 0.15) is 10.5 Å². The standard InChI is InChI=1S/C6H8N4O2/c1-8-10-3-9-4(6(7)12)2-5(10)11/h2-3,8H,1H3,(H2,7,12). The molecule has 0 fully saturated rings. The van der Waals surface area contributed by atoms with Gasteiger partial charge in [-0.15, -0.1) is 0 Å². The maximum Gasteiger partial charge on any atom is 0.272 e. The minimum Gasteiger partial charge on any atom is -0.364 e. The number of carbonyl (C=O) groups is 1. The molecule has 0 bridgehead atoms. The summed E-state index contributed by atoms with van der Waals surface area (Å²) in [7, 11) is 1.56. The van der Waals surface area contributed by atoms with Crippen molar-refractivity contribution in [1.82, 2.24) is 9.66 Å². The zero-order chi connectivity index (χ0) is 9.14. The molecule has 0 aliphatic carbocycles. The van der Waals surface area contributed by atoms with E-state index in [1.807, 2.05) is 0 Å². The molecular weight excluding hydrogens is 160 g/mol. The first-order valence-electron chi connectivity index (χ1n) is 3.21. The molecule has 1 aromatic heterocycles. The minimum absolute atomic E-state index is 0.0356. The normalized spacial score (nSPS) is 9.42. The third-order valence-electron chi connectivity index (χ3n) is 1.30. The van der Waals surface area contributed by atoms with Crippen LogP contribution in [0.5, 0.6) is 0 Å². The highest BCUT2D eigenvalue weighted by Gasteiger charge is 2.03. The number of hydrogen-bond donors (Lipinski definition) is 2. The molecule has 0 aromatic carbocycles. The Morgan fingerprint density at radius 2 is 2.42 bits per heavy atom. The lowest BCUT2D eigenvalue weighted by Gasteiger charge is -2.01. The van der Waals surface area contributed by atoms with E-state index in [4.69, 9.17) is 5.73 Å². The van der Waals surface area contributed by atoms with Gasteiger partial charge >= 0.3 is 0 Å². The fourth-order valence-corrected chi connectivity index (χ4v) is 0.703. The lowest BCUT2D eigenvalue weighted by atomic mass is 10.4. The van der Waals surface area contributed by atoms with Crippen molar-refractivity contribution in [3.05, 3.63) is 28.4 Å². The van der Waals surface area contributed by atoms with Crippen LogP contribution >= 0.6 is 0 Å². The van der Waals surface area contributed by atoms with E-state index in [0.717, 1.165) is 10.7 Å². The highest BCUT2D eigenvalue weighted by Crippen LogP contribution is 1.84. The van der Waals surface area contributed by atoms with Crippen LogP contribution in [0, 0.1) is 0 Å². The maximum absolute atomic E-state index is 11.0. The molecule has 6 heteroatoms. The van der Waals surface area contributed by atoms with Gasteiger partial charge in [-0.1, -0.05) is 0 Å². The van der Waals surface area contributed by atoms with E-state index in [0.29, 0.717) is 0 Å². The number of amides is 1. The number of primary amides is 1. The molecule has 0 aliphatic rings. The summed E-state index contributed by atoms with van der Waals surface area (Å²) in [6.45, 7) is 0. The Morgan fingerprint density at radius 1 is 1.75 bits per heavy atom. The highest BCUT2D eigenvalue weighted by atomic mass is 16.1. The molecule has 0 radical (unpaired) electrons. The van der Waals surface area contributed by atoms with Crippen LogP contribution in [0.15, 0.2) is 17.2 Å². The Morgan fingerprint density at radius 3 is 2.83 bits per heavy atom. The first kappa shape index (κ1) is 8.25. The molecule has 1 aromatic rings. The second kappa shape index (κ2) is 3.04. The van der Waals surface area contributed by atoms with Gasteiger partial charge in [0.1, 0.15) is 12.0 Å². The second-order valence-electron chi connectivity index (χ2n) is 2.07. The average Bonchev–Trinajstić information content (AvgIpc) is 2.04. The van der Waals surface area contributed by atoms with Crippen molar-refractivity contribution in [3.8, 4) is 0 Å². The predicted molar refractivity (Wildman–Crippen MR) is 42.3 cm³/mol. The summed E-state index contributed by atoms with van der Waals surface area (Å²) in [5.74, 6) is -0.713. The summed E-state index contributed by atoms with van der Waals surface area (Å²) in [6, 6.07) is 1.07. The first-order chi connectivity index (χ1) is 5.65. The van der Waals surface area contributed by atoms with Gasteiger partial charge in [-0.05, 0) is 0 Å². The number of aromatic nitrogens is 2. The minimum atomic E-state index is -0.713. The van der Waals surface area contributed by atoms with Gasteiger partial charge in [-0.2, -0.15) is 0 Å². The molecule has 6 nitrogen and oxygen atoms in total. The smallest absolute Gasteiger partial charge is 0.272 e. The van der Waals surface area contributed by atoms with Crippen LogP contribution < -0.4 is 16.7 Å². The van der Waals surface area contributed by atoms with Gasteiger partial charge in [0.25, 0.3) is 11.5 Å². The molecule has 0 saturated carbocycles. The van der Waals surface area contributed by atoms with Crippen LogP contribution in [0.3, 0.4) is 0 Å². The number of nitrogens with one attached hydrogen (secondary N) is 1. The monoisotopic (exact) mass is 168 g/mol. The van der Waals surface area contributed by atoms with Crippen molar-refractivity contribution in [2.75, 3.05) is 12.5 Å². The van der Waals surface area contributed by atoms with E-state index < -0.39 is 5.91 Å². The summed E-state index contributed by atoms with van der Waals surface area (Å²) < 4.78 is 1.13. The SMILES string of the molecule is CNn1cnc(C(N)=O)cc1=O. The molecule has 12 heavy (non-hydrogen) atoms. The van der Waals surface area contributed by atoms with E-state index in [2.05, 4.69) is 10.4 Å². The lowest BCUT2D eigenvalue weighted by molar-refractivity contribution is 0.0995. The van der Waals surface area contributed by atoms with Gasteiger partial charge in [-0.3, -0.25) is 9.59 Å². The van der Waals surface area contributed by atoms with Crippen molar-refractivity contribution >= 4 is 5.91 Å². The summed E-state index contributed by atoms with van der Waals surface area (Å²) in [5, 5.41) is 0. The van der Waals surface area contributed by atoms with Gasteiger partial charge in [0.15, 0.2) is 0 Å². The third-order valence-corrected chi connectivity index (χ3v) is 1.30. The molecule has 0 aliphatic heterocycles. The Kier molecular flexibility index (Phi) is 2.09. The average molecular weight is 168 g/mol. The Balaban J connectivity index is 3.19. The third kappa shape index (κ3) is 1.42. The molecule has 1 rings (SSSR count). The van der Waals surface area contributed by atoms with Crippen LogP contribution in [-0.4, -0.2) is 22.6 Å². The molecule has 0 unspecified atom stereocenters. The van der Waals surface area contributed by atoms with Gasteiger partial charge < -0.3 is 11.2 Å². The molecular formula is C6H8N4O2. The summed E-state index contributed by atoms with van der Waals surface area (Å²) in [4.78, 5) is 25.2. The zero-order valence-electron chi connectivity index (χ0n) is 6.44. The zero-order valence-corrected chi connectivity index (χ0v) is 6.44. The van der Waals surface area contributed by atoms with Gasteiger partial charge in [-0.25, -0.2) is 9.66 Å². The van der Waals surface area contributed by atoms with Crippen molar-refractivity contribution < 1.29 is 4.79 Å². The molecule has 0 atom stereocenters. The first-order valence-corrected chi connectivity index (χ1v) is 3.21. The van der Waals surface area contributed by atoms with E-state index in [1.54, 1.807) is 7.05 Å². The maximum atomic E-state index is 11.0. The fourth-order valence-electron chi connectivity index (χ4n) is 0.703. The summed E-state index contributed by atoms with van der Waals surface area (Å²) in [5.41, 5.74) is 7.05. The number of nitrogens with two attached hydrogens (primary N) is 1. The topological polar surface area (TPSA) is 90.0 Å². The predicted octanol–water partition coefficient (Wildman–Crippen LogP) is -1.48. The van der Waals surface area contributed by atoms with E-state index in [1.165, 1.54) is 6.33 Å². The second-order valence-corrected chi connectivity index (χ2v) is 2.07. The van der Waals surface area contributed by atoms with Crippen molar-refractivity contribution in [2.45, 2.75) is 0 Å². The van der Waals surface area contributed by atoms with Crippen LogP contribution in [-0.2, 0) is 0 Å². The Hall–Kier alpha value is -1.85. The Bertz CT molecular complexity index is 357. The fraction of sp³-hybridized carbons (Fsp3) is 0.167. The Labute approximate surface area is 68.0 Å². The van der Waals surface area contributed by atoms with Crippen molar-refractivity contribution in [2.24, 2.45) is 5.73 Å². The van der Waals surface area contributed by atoms with Crippen LogP contribution in [0.2, 0.25) is 0 Å². The molecule has 0 spiro atoms. The van der Waals surface area contributed by atoms with E-state index >= 15 is 0 Å². The summed E-state index contributed by atoms with van der Waals surface area (Å²) >= 11 is 0. The van der Waals surface area contributed by atoms with Gasteiger partial charge in [0, 0.05) is 13.1 Å². The van der Waals surface area contributed by atoms with Gasteiger partial charge in [0.05, 0.1) is 0 Å². The van der Waals surface area contributed by atoms with Crippen molar-refractivity contribution in [1.29, 1.82) is 0 Å². The van der Waals surface area contributed by atoms with E-state index in [9.17, 15) is 9.59 Å². The largest absolute Gasteiger partial charge is 0.364 e. The molecule has 1 amide bonds. The van der Waals surface area contributed by atoms with Crippen molar-refractivity contribution in [3.63, 3.8) is 0 Å². The number of carbonyl (C=O) groups excluding carboxylic acids is 1. The quantitative estimate of drug-likeness (QED) is 0.563. The molecule has 3 N–H and O–H groups in total. The van der Waals surface area contributed by atoms with Gasteiger partial charge in [0.2, 0.25) is 0 Å². The lowest BCUT2D eigenvalue weighted by Crippen LogP contribution is -2.28. The molecule has 1 heterocycles. The summed E-state index contributed by atoms with van der Waals surface area (Å²) in [6.07, 6.45) is 1.20. The molecule has 64 valence electrons. The number of nitrogens with zero attached hydrogens (tertiary/aromatic N) is 2. The van der Waals surface area contributed by atoms with E-state index in [-0.39, 0.29) is 11.3 Å². The number of hydrogen-bond acceptors (Lipinski definition) is 4. The van der Waals surface area contributed by atoms with Crippen LogP contribution in [0.4, 0.5) is 0 Å².